The van der Waals surface area contributed by atoms with Gasteiger partial charge in [0.1, 0.15) is 6.61 Å². The first kappa shape index (κ1) is 34.2. The first-order valence-corrected chi connectivity index (χ1v) is 13.9. The first-order valence-electron chi connectivity index (χ1n) is 13.1. The quantitative estimate of drug-likeness (QED) is 0.130. The molecule has 1 N–H and O–H groups in total. The topological polar surface area (TPSA) is 73.3 Å². The molecule has 0 atom stereocenters. The van der Waals surface area contributed by atoms with Crippen LogP contribution in [-0.4, -0.2) is 29.8 Å². The fourth-order valence-corrected chi connectivity index (χ4v) is 3.62. The minimum atomic E-state index is -0.676. The highest BCUT2D eigenvalue weighted by Crippen LogP contribution is 2.28. The second-order valence-electron chi connectivity index (χ2n) is 9.22. The third-order valence-corrected chi connectivity index (χ3v) is 6.14. The number of anilines is 1. The Hall–Kier alpha value is -3.78. The Morgan fingerprint density at radius 2 is 1.80 bits per heavy atom. The molecule has 216 valence electrons. The third kappa shape index (κ3) is 11.9. The van der Waals surface area contributed by atoms with Crippen LogP contribution in [0.15, 0.2) is 106 Å². The summed E-state index contributed by atoms with van der Waals surface area (Å²) >= 11 is 1.10. The average molecular weight is 568 g/mol. The number of nitrogens with one attached hydrogen (secondary N) is 1. The molecule has 8 heteroatoms. The van der Waals surface area contributed by atoms with Crippen molar-refractivity contribution in [1.82, 2.24) is 10.2 Å². The maximum absolute atomic E-state index is 15.7. The molecular formula is C32H42FN3O3S. The molecule has 0 bridgehead atoms. The van der Waals surface area contributed by atoms with Gasteiger partial charge in [0.25, 0.3) is 11.1 Å². The van der Waals surface area contributed by atoms with E-state index in [0.29, 0.717) is 11.8 Å². The number of methoxy groups -OCH3 is 1. The van der Waals surface area contributed by atoms with Crippen molar-refractivity contribution < 1.29 is 18.7 Å². The lowest BCUT2D eigenvalue weighted by molar-refractivity contribution is -0.112. The van der Waals surface area contributed by atoms with Crippen molar-refractivity contribution in [3.8, 4) is 5.19 Å². The van der Waals surface area contributed by atoms with Gasteiger partial charge in [-0.2, -0.15) is 0 Å². The lowest BCUT2D eigenvalue weighted by Crippen LogP contribution is -2.15. The molecule has 0 unspecified atom stereocenters. The Balaban J connectivity index is 3.38. The number of hydrogen-bond donors (Lipinski definition) is 1. The zero-order valence-corrected chi connectivity index (χ0v) is 25.7. The number of hydrogen-bond acceptors (Lipinski definition) is 6. The summed E-state index contributed by atoms with van der Waals surface area (Å²) in [5, 5.41) is 11.4. The molecule has 0 saturated heterocycles. The first-order chi connectivity index (χ1) is 19.1. The fourth-order valence-electron chi connectivity index (χ4n) is 3.03. The molecule has 1 amide bonds. The number of unbranched alkanes of at least 4 members (excludes halogenated alkanes) is 1. The minimum absolute atomic E-state index is 0.0260. The van der Waals surface area contributed by atoms with Crippen molar-refractivity contribution in [3.05, 3.63) is 106 Å². The zero-order valence-electron chi connectivity index (χ0n) is 24.9. The van der Waals surface area contributed by atoms with Gasteiger partial charge in [-0.25, -0.2) is 4.39 Å². The van der Waals surface area contributed by atoms with Crippen LogP contribution >= 0.6 is 11.3 Å². The molecule has 0 aliphatic carbocycles. The van der Waals surface area contributed by atoms with Crippen LogP contribution in [0.5, 0.6) is 5.19 Å². The number of carbonyl (C=O) groups excluding carboxylic acids is 1. The van der Waals surface area contributed by atoms with Crippen molar-refractivity contribution in [2.45, 2.75) is 61.3 Å². The number of ether oxygens (including phenoxy) is 2. The van der Waals surface area contributed by atoms with Gasteiger partial charge in [-0.1, -0.05) is 90.3 Å². The highest BCUT2D eigenvalue weighted by atomic mass is 32.1. The van der Waals surface area contributed by atoms with Crippen LogP contribution in [0.3, 0.4) is 0 Å². The number of allylic oxidation sites excluding steroid dienone is 12. The molecule has 0 fully saturated rings. The Morgan fingerprint density at radius 1 is 1.07 bits per heavy atom. The van der Waals surface area contributed by atoms with Crippen LogP contribution in [0.2, 0.25) is 0 Å². The van der Waals surface area contributed by atoms with E-state index in [4.69, 9.17) is 9.47 Å². The second-order valence-corrected chi connectivity index (χ2v) is 10.2. The van der Waals surface area contributed by atoms with Crippen LogP contribution in [0, 0.1) is 0 Å². The fraction of sp³-hybridized carbons (Fsp3) is 0.344. The summed E-state index contributed by atoms with van der Waals surface area (Å²) < 4.78 is 26.9. The van der Waals surface area contributed by atoms with E-state index >= 15 is 4.39 Å². The smallest absolute Gasteiger partial charge is 0.296 e. The van der Waals surface area contributed by atoms with Crippen molar-refractivity contribution in [2.75, 3.05) is 19.0 Å². The largest absolute Gasteiger partial charge is 0.494 e. The Labute approximate surface area is 242 Å². The highest BCUT2D eigenvalue weighted by Gasteiger charge is 2.20. The van der Waals surface area contributed by atoms with Crippen molar-refractivity contribution in [2.24, 2.45) is 0 Å². The number of aromatic nitrogens is 2. The van der Waals surface area contributed by atoms with E-state index in [9.17, 15) is 4.79 Å². The number of nitrogens with zero attached hydrogens (tertiary/aromatic N) is 2. The zero-order chi connectivity index (χ0) is 30.1. The summed E-state index contributed by atoms with van der Waals surface area (Å²) in [7, 11) is 1.37. The molecule has 1 aromatic heterocycles. The van der Waals surface area contributed by atoms with Crippen LogP contribution in [0.1, 0.15) is 61.3 Å². The van der Waals surface area contributed by atoms with Crippen LogP contribution < -0.4 is 10.1 Å². The normalized spacial score (nSPS) is 13.3. The summed E-state index contributed by atoms with van der Waals surface area (Å²) in [6.45, 7) is 17.6. The predicted octanol–water partition coefficient (Wildman–Crippen LogP) is 8.90. The summed E-state index contributed by atoms with van der Waals surface area (Å²) in [5.74, 6) is -1.23. The molecule has 1 rings (SSSR count). The maximum Gasteiger partial charge on any atom is 0.296 e. The van der Waals surface area contributed by atoms with Gasteiger partial charge < -0.3 is 9.47 Å². The number of carbonyl (C=O) groups is 1. The SMILES string of the molecule is C=C\C=C/C(OC)=C(F)/C(C=C(C)C)=C(/C=C/CCC)C(=O)Nc1nnc(OCC(/C=C\C(C)=C/C)=C(C)C)s1. The number of halogens is 1. The van der Waals surface area contributed by atoms with E-state index in [0.717, 1.165) is 46.5 Å². The predicted molar refractivity (Wildman–Crippen MR) is 166 cm³/mol. The average Bonchev–Trinajstić information content (AvgIpc) is 3.36. The van der Waals surface area contributed by atoms with E-state index in [1.807, 2.05) is 72.8 Å². The maximum atomic E-state index is 15.7. The van der Waals surface area contributed by atoms with Gasteiger partial charge in [0.2, 0.25) is 5.13 Å². The van der Waals surface area contributed by atoms with E-state index in [-0.39, 0.29) is 22.0 Å². The lowest BCUT2D eigenvalue weighted by atomic mass is 10.0. The van der Waals surface area contributed by atoms with Gasteiger partial charge in [-0.05, 0) is 70.9 Å². The molecule has 1 aromatic rings. The Bertz CT molecular complexity index is 1270. The summed E-state index contributed by atoms with van der Waals surface area (Å²) in [6, 6.07) is 0. The number of amides is 1. The van der Waals surface area contributed by atoms with Gasteiger partial charge >= 0.3 is 0 Å². The monoisotopic (exact) mass is 567 g/mol. The van der Waals surface area contributed by atoms with E-state index in [2.05, 4.69) is 22.1 Å². The summed E-state index contributed by atoms with van der Waals surface area (Å²) in [6.07, 6.45) is 17.3. The van der Waals surface area contributed by atoms with Gasteiger partial charge in [0.05, 0.1) is 7.11 Å². The van der Waals surface area contributed by atoms with Gasteiger partial charge in [-0.15, -0.1) is 5.10 Å². The van der Waals surface area contributed by atoms with Crippen molar-refractivity contribution in [1.29, 1.82) is 0 Å². The van der Waals surface area contributed by atoms with E-state index in [1.165, 1.54) is 19.3 Å². The standard InChI is InChI=1S/C32H42FN3O3S/c1-10-13-15-16-26(27(20-22(4)5)29(33)28(38-9)17-14-11-2)30(37)34-31-35-36-32(40-31)39-21-25(23(6)7)19-18-24(8)12-3/h11-12,14-20H,2,10,13,21H2,1,3-9H3,(H,34,35,37)/b16-15+,17-14-,19-18-,24-12-,27-26-,29-28+. The molecule has 0 aromatic carbocycles. The van der Waals surface area contributed by atoms with Crippen molar-refractivity contribution >= 4 is 22.4 Å². The van der Waals surface area contributed by atoms with Gasteiger partial charge in [-0.3, -0.25) is 10.1 Å². The molecule has 0 saturated carbocycles. The van der Waals surface area contributed by atoms with Gasteiger partial charge in [0, 0.05) is 11.1 Å². The van der Waals surface area contributed by atoms with Gasteiger partial charge in [0.15, 0.2) is 11.6 Å². The molecular weight excluding hydrogens is 525 g/mol. The molecule has 0 radical (unpaired) electrons. The molecule has 0 spiro atoms. The molecule has 0 aliphatic heterocycles. The van der Waals surface area contributed by atoms with Crippen LogP contribution in [0.25, 0.3) is 0 Å². The van der Waals surface area contributed by atoms with E-state index < -0.39 is 11.7 Å². The molecule has 40 heavy (non-hydrogen) atoms. The second kappa shape index (κ2) is 18.5. The Morgan fingerprint density at radius 3 is 2.38 bits per heavy atom. The molecule has 1 heterocycles. The minimum Gasteiger partial charge on any atom is -0.494 e. The Kier molecular flexibility index (Phi) is 15.8. The molecule has 6 nitrogen and oxygen atoms in total. The summed E-state index contributed by atoms with van der Waals surface area (Å²) in [4.78, 5) is 13.5. The van der Waals surface area contributed by atoms with Crippen molar-refractivity contribution in [3.63, 3.8) is 0 Å². The van der Waals surface area contributed by atoms with Crippen LogP contribution in [-0.2, 0) is 9.53 Å². The third-order valence-electron chi connectivity index (χ3n) is 5.39. The number of rotatable bonds is 15. The molecule has 0 aliphatic rings. The van der Waals surface area contributed by atoms with Crippen LogP contribution in [0.4, 0.5) is 9.52 Å². The summed E-state index contributed by atoms with van der Waals surface area (Å²) in [5.41, 5.74) is 4.30. The van der Waals surface area contributed by atoms with E-state index in [1.54, 1.807) is 18.2 Å². The lowest BCUT2D eigenvalue weighted by Gasteiger charge is -2.11. The highest BCUT2D eigenvalue weighted by molar-refractivity contribution is 7.17.